The lowest BCUT2D eigenvalue weighted by molar-refractivity contribution is 0.194. The molecule has 2 N–H and O–H groups in total. The summed E-state index contributed by atoms with van der Waals surface area (Å²) < 4.78 is 0. The lowest BCUT2D eigenvalue weighted by Gasteiger charge is -2.03. The second kappa shape index (κ2) is 5.95. The number of carboxylic acid groups (broad SMARTS) is 1. The summed E-state index contributed by atoms with van der Waals surface area (Å²) in [5.41, 5.74) is 1.76. The zero-order valence-electron chi connectivity index (χ0n) is 9.97. The predicted molar refractivity (Wildman–Crippen MR) is 68.5 cm³/mol. The van der Waals surface area contributed by atoms with Crippen LogP contribution in [-0.2, 0) is 6.42 Å². The summed E-state index contributed by atoms with van der Waals surface area (Å²) in [4.78, 5) is 18.9. The molecular formula is C13H15N3O2. The van der Waals surface area contributed by atoms with E-state index in [0.29, 0.717) is 6.54 Å². The van der Waals surface area contributed by atoms with Crippen LogP contribution in [0.4, 0.5) is 4.79 Å². The van der Waals surface area contributed by atoms with Crippen molar-refractivity contribution >= 4 is 17.1 Å². The first-order valence-electron chi connectivity index (χ1n) is 5.93. The van der Waals surface area contributed by atoms with Gasteiger partial charge in [0.1, 0.15) is 0 Å². The van der Waals surface area contributed by atoms with Crippen molar-refractivity contribution in [3.8, 4) is 0 Å². The Morgan fingerprint density at radius 3 is 3.00 bits per heavy atom. The van der Waals surface area contributed by atoms with Crippen molar-refractivity contribution in [1.82, 2.24) is 15.3 Å². The standard InChI is InChI=1S/C13H15N3O2/c17-13(18)15-8-2-1-5-11-7-6-10-4-3-9-14-12(10)16-11/h3-4,6-7,9,15H,1-2,5,8H2,(H,17,18). The molecule has 0 aliphatic carbocycles. The van der Waals surface area contributed by atoms with E-state index in [9.17, 15) is 4.79 Å². The van der Waals surface area contributed by atoms with Gasteiger partial charge in [0.15, 0.2) is 5.65 Å². The molecule has 0 aromatic carbocycles. The van der Waals surface area contributed by atoms with Gasteiger partial charge in [0, 0.05) is 23.8 Å². The molecule has 0 radical (unpaired) electrons. The van der Waals surface area contributed by atoms with Gasteiger partial charge < -0.3 is 10.4 Å². The molecule has 0 unspecified atom stereocenters. The van der Waals surface area contributed by atoms with E-state index in [0.717, 1.165) is 36.0 Å². The molecule has 0 atom stereocenters. The van der Waals surface area contributed by atoms with Gasteiger partial charge in [-0.15, -0.1) is 0 Å². The maximum Gasteiger partial charge on any atom is 0.404 e. The summed E-state index contributed by atoms with van der Waals surface area (Å²) >= 11 is 0. The maximum absolute atomic E-state index is 10.2. The Morgan fingerprint density at radius 2 is 2.17 bits per heavy atom. The Bertz CT molecular complexity index is 543. The zero-order chi connectivity index (χ0) is 12.8. The number of nitrogens with zero attached hydrogens (tertiary/aromatic N) is 2. The summed E-state index contributed by atoms with van der Waals surface area (Å²) in [6.45, 7) is 0.487. The van der Waals surface area contributed by atoms with Crippen LogP contribution in [0.15, 0.2) is 30.5 Å². The molecular weight excluding hydrogens is 230 g/mol. The van der Waals surface area contributed by atoms with Crippen molar-refractivity contribution in [1.29, 1.82) is 0 Å². The average Bonchev–Trinajstić information content (AvgIpc) is 2.38. The molecule has 2 rings (SSSR count). The number of unbranched alkanes of at least 4 members (excludes halogenated alkanes) is 1. The molecule has 2 aromatic heterocycles. The molecule has 94 valence electrons. The first-order valence-corrected chi connectivity index (χ1v) is 5.93. The average molecular weight is 245 g/mol. The minimum absolute atomic E-state index is 0.487. The van der Waals surface area contributed by atoms with Gasteiger partial charge in [0.05, 0.1) is 0 Å². The quantitative estimate of drug-likeness (QED) is 0.792. The van der Waals surface area contributed by atoms with Crippen molar-refractivity contribution in [2.75, 3.05) is 6.54 Å². The molecule has 2 heterocycles. The highest BCUT2D eigenvalue weighted by molar-refractivity contribution is 5.74. The number of hydrogen-bond acceptors (Lipinski definition) is 3. The molecule has 0 fully saturated rings. The second-order valence-electron chi connectivity index (χ2n) is 4.04. The predicted octanol–water partition coefficient (Wildman–Crippen LogP) is 2.22. The number of fused-ring (bicyclic) bond motifs is 1. The van der Waals surface area contributed by atoms with E-state index in [1.54, 1.807) is 6.20 Å². The summed E-state index contributed by atoms with van der Waals surface area (Å²) in [6, 6.07) is 7.88. The number of amides is 1. The van der Waals surface area contributed by atoms with E-state index in [1.807, 2.05) is 24.3 Å². The van der Waals surface area contributed by atoms with E-state index in [4.69, 9.17) is 5.11 Å². The number of aryl methyl sites for hydroxylation is 1. The zero-order valence-corrected chi connectivity index (χ0v) is 9.97. The van der Waals surface area contributed by atoms with Crippen molar-refractivity contribution in [2.24, 2.45) is 0 Å². The summed E-state index contributed by atoms with van der Waals surface area (Å²) in [6.07, 6.45) is 3.33. The fourth-order valence-corrected chi connectivity index (χ4v) is 1.76. The number of rotatable bonds is 5. The number of carbonyl (C=O) groups is 1. The summed E-state index contributed by atoms with van der Waals surface area (Å²) in [7, 11) is 0. The Morgan fingerprint density at radius 1 is 1.28 bits per heavy atom. The van der Waals surface area contributed by atoms with Crippen LogP contribution in [0.25, 0.3) is 11.0 Å². The van der Waals surface area contributed by atoms with E-state index in [1.165, 1.54) is 0 Å². The molecule has 0 saturated heterocycles. The first kappa shape index (κ1) is 12.3. The van der Waals surface area contributed by atoms with Gasteiger partial charge in [-0.1, -0.05) is 0 Å². The number of nitrogens with one attached hydrogen (secondary N) is 1. The Hall–Kier alpha value is -2.17. The van der Waals surface area contributed by atoms with Gasteiger partial charge in [0.2, 0.25) is 0 Å². The second-order valence-corrected chi connectivity index (χ2v) is 4.04. The number of pyridine rings is 2. The van der Waals surface area contributed by atoms with Crippen LogP contribution in [-0.4, -0.2) is 27.7 Å². The van der Waals surface area contributed by atoms with Gasteiger partial charge in [-0.25, -0.2) is 14.8 Å². The van der Waals surface area contributed by atoms with Crippen molar-refractivity contribution in [3.05, 3.63) is 36.2 Å². The highest BCUT2D eigenvalue weighted by atomic mass is 16.4. The normalized spacial score (nSPS) is 10.4. The molecule has 0 aliphatic heterocycles. The van der Waals surface area contributed by atoms with Crippen LogP contribution in [0.5, 0.6) is 0 Å². The van der Waals surface area contributed by atoms with Crippen LogP contribution < -0.4 is 5.32 Å². The van der Waals surface area contributed by atoms with Crippen LogP contribution in [0.2, 0.25) is 0 Å². The molecule has 0 saturated carbocycles. The molecule has 0 spiro atoms. The minimum Gasteiger partial charge on any atom is -0.465 e. The van der Waals surface area contributed by atoms with Gasteiger partial charge in [-0.3, -0.25) is 0 Å². The van der Waals surface area contributed by atoms with E-state index in [2.05, 4.69) is 15.3 Å². The molecule has 0 aliphatic rings. The fraction of sp³-hybridized carbons (Fsp3) is 0.308. The molecule has 5 heteroatoms. The van der Waals surface area contributed by atoms with Crippen LogP contribution >= 0.6 is 0 Å². The van der Waals surface area contributed by atoms with Crippen LogP contribution in [0.3, 0.4) is 0 Å². The van der Waals surface area contributed by atoms with Crippen molar-refractivity contribution < 1.29 is 9.90 Å². The van der Waals surface area contributed by atoms with Gasteiger partial charge in [-0.2, -0.15) is 0 Å². The highest BCUT2D eigenvalue weighted by Crippen LogP contribution is 2.10. The van der Waals surface area contributed by atoms with Crippen LogP contribution in [0, 0.1) is 0 Å². The molecule has 2 aromatic rings. The Kier molecular flexibility index (Phi) is 4.06. The smallest absolute Gasteiger partial charge is 0.404 e. The van der Waals surface area contributed by atoms with Crippen molar-refractivity contribution in [3.63, 3.8) is 0 Å². The Balaban J connectivity index is 1.86. The van der Waals surface area contributed by atoms with Crippen molar-refractivity contribution in [2.45, 2.75) is 19.3 Å². The van der Waals surface area contributed by atoms with E-state index >= 15 is 0 Å². The van der Waals surface area contributed by atoms with Gasteiger partial charge >= 0.3 is 6.09 Å². The molecule has 0 bridgehead atoms. The maximum atomic E-state index is 10.2. The topological polar surface area (TPSA) is 75.1 Å². The summed E-state index contributed by atoms with van der Waals surface area (Å²) in [5.74, 6) is 0. The minimum atomic E-state index is -0.969. The molecule has 5 nitrogen and oxygen atoms in total. The number of aromatic nitrogens is 2. The highest BCUT2D eigenvalue weighted by Gasteiger charge is 1.99. The van der Waals surface area contributed by atoms with E-state index < -0.39 is 6.09 Å². The van der Waals surface area contributed by atoms with Crippen LogP contribution in [0.1, 0.15) is 18.5 Å². The largest absolute Gasteiger partial charge is 0.465 e. The SMILES string of the molecule is O=C(O)NCCCCc1ccc2cccnc2n1. The van der Waals surface area contributed by atoms with E-state index in [-0.39, 0.29) is 0 Å². The fourth-order valence-electron chi connectivity index (χ4n) is 1.76. The van der Waals surface area contributed by atoms with Gasteiger partial charge in [0.25, 0.3) is 0 Å². The van der Waals surface area contributed by atoms with Gasteiger partial charge in [-0.05, 0) is 43.5 Å². The lowest BCUT2D eigenvalue weighted by Crippen LogP contribution is -2.21. The molecule has 1 amide bonds. The summed E-state index contributed by atoms with van der Waals surface area (Å²) in [5, 5.41) is 11.8. The number of hydrogen-bond donors (Lipinski definition) is 2. The monoisotopic (exact) mass is 245 g/mol. The third kappa shape index (κ3) is 3.41. The lowest BCUT2D eigenvalue weighted by atomic mass is 10.1. The first-order chi connectivity index (χ1) is 8.75. The third-order valence-electron chi connectivity index (χ3n) is 2.66. The third-order valence-corrected chi connectivity index (χ3v) is 2.66. The molecule has 18 heavy (non-hydrogen) atoms. The Labute approximate surface area is 105 Å².